The molecule has 0 aliphatic carbocycles. The summed E-state index contributed by atoms with van der Waals surface area (Å²) in [6.07, 6.45) is 3.48. The largest absolute Gasteiger partial charge is 0.370 e. The van der Waals surface area contributed by atoms with Crippen LogP contribution in [0.15, 0.2) is 41.7 Å². The number of nitrogens with zero attached hydrogens (tertiary/aromatic N) is 3. The Labute approximate surface area is 121 Å². The van der Waals surface area contributed by atoms with Crippen LogP contribution in [0, 0.1) is 0 Å². The Balaban J connectivity index is 1.98. The molecule has 21 heavy (non-hydrogen) atoms. The molecule has 0 saturated heterocycles. The number of hydrogen-bond acceptors (Lipinski definition) is 2. The molecule has 0 aliphatic rings. The minimum absolute atomic E-state index is 0.0107. The van der Waals surface area contributed by atoms with Crippen LogP contribution in [-0.4, -0.2) is 15.5 Å². The number of nitrogens with one attached hydrogen (secondary N) is 1. The molecule has 3 N–H and O–H groups in total. The molecule has 2 rings (SSSR count). The summed E-state index contributed by atoms with van der Waals surface area (Å²) in [5.41, 5.74) is 7.75. The number of guanidine groups is 1. The normalized spacial score (nSPS) is 11.9. The highest BCUT2D eigenvalue weighted by molar-refractivity contribution is 5.92. The van der Waals surface area contributed by atoms with Gasteiger partial charge in [0.15, 0.2) is 5.96 Å². The lowest BCUT2D eigenvalue weighted by atomic mass is 10.1. The molecule has 1 aromatic carbocycles. The Kier molecular flexibility index (Phi) is 4.86. The van der Waals surface area contributed by atoms with E-state index in [1.807, 2.05) is 24.3 Å². The molecule has 0 bridgehead atoms. The van der Waals surface area contributed by atoms with E-state index in [4.69, 9.17) is 5.73 Å². The lowest BCUT2D eigenvalue weighted by Crippen LogP contribution is -2.22. The molecule has 5 nitrogen and oxygen atoms in total. The second-order valence-corrected chi connectivity index (χ2v) is 4.41. The summed E-state index contributed by atoms with van der Waals surface area (Å²) in [5, 5.41) is 2.91. The van der Waals surface area contributed by atoms with Crippen LogP contribution in [0.2, 0.25) is 0 Å². The minimum Gasteiger partial charge on any atom is -0.370 e. The molecular weight excluding hydrogens is 276 g/mol. The van der Waals surface area contributed by atoms with Crippen LogP contribution in [-0.2, 0) is 13.0 Å². The summed E-state index contributed by atoms with van der Waals surface area (Å²) in [6, 6.07) is 7.75. The van der Waals surface area contributed by atoms with Crippen molar-refractivity contribution < 1.29 is 8.78 Å². The molecule has 2 aromatic rings. The fraction of sp³-hybridized carbons (Fsp3) is 0.286. The summed E-state index contributed by atoms with van der Waals surface area (Å²) >= 11 is 0. The molecule has 0 spiro atoms. The maximum atomic E-state index is 12.6. The second kappa shape index (κ2) is 6.83. The smallest absolute Gasteiger partial charge is 0.319 e. The lowest BCUT2D eigenvalue weighted by Gasteiger charge is -2.07. The Morgan fingerprint density at radius 1 is 1.38 bits per heavy atom. The number of halogens is 2. The van der Waals surface area contributed by atoms with Crippen LogP contribution in [0.5, 0.6) is 0 Å². The molecule has 0 saturated carbocycles. The first-order chi connectivity index (χ1) is 10.1. The standard InChI is InChI=1S/C14H17F2N5/c1-2-10-3-5-11(6-4-10)20-14(17)19-9-12-18-7-8-21(12)13(15)16/h3-8,13H,2,9H2,1H3,(H3,17,19,20). The van der Waals surface area contributed by atoms with Crippen molar-refractivity contribution in [2.24, 2.45) is 10.7 Å². The van der Waals surface area contributed by atoms with Gasteiger partial charge < -0.3 is 11.1 Å². The molecule has 0 radical (unpaired) electrons. The summed E-state index contributed by atoms with van der Waals surface area (Å²) in [7, 11) is 0. The molecule has 112 valence electrons. The summed E-state index contributed by atoms with van der Waals surface area (Å²) in [5.74, 6) is 0.319. The molecule has 1 heterocycles. The first-order valence-electron chi connectivity index (χ1n) is 6.56. The zero-order valence-electron chi connectivity index (χ0n) is 11.6. The first-order valence-corrected chi connectivity index (χ1v) is 6.56. The van der Waals surface area contributed by atoms with Crippen molar-refractivity contribution in [1.82, 2.24) is 9.55 Å². The van der Waals surface area contributed by atoms with E-state index in [1.165, 1.54) is 18.0 Å². The fourth-order valence-electron chi connectivity index (χ4n) is 1.81. The number of aromatic nitrogens is 2. The van der Waals surface area contributed by atoms with Gasteiger partial charge in [-0.2, -0.15) is 8.78 Å². The van der Waals surface area contributed by atoms with Crippen molar-refractivity contribution >= 4 is 11.6 Å². The SMILES string of the molecule is CCc1ccc(NC(N)=NCc2nccn2C(F)F)cc1. The van der Waals surface area contributed by atoms with Crippen molar-refractivity contribution in [3.63, 3.8) is 0 Å². The highest BCUT2D eigenvalue weighted by Gasteiger charge is 2.10. The maximum absolute atomic E-state index is 12.6. The van der Waals surface area contributed by atoms with E-state index in [-0.39, 0.29) is 18.3 Å². The van der Waals surface area contributed by atoms with Crippen LogP contribution < -0.4 is 11.1 Å². The van der Waals surface area contributed by atoms with Gasteiger partial charge in [0.1, 0.15) is 12.4 Å². The predicted octanol–water partition coefficient (Wildman–Crippen LogP) is 2.77. The van der Waals surface area contributed by atoms with E-state index in [9.17, 15) is 8.78 Å². The number of alkyl halides is 2. The third kappa shape index (κ3) is 4.01. The Morgan fingerprint density at radius 3 is 2.71 bits per heavy atom. The number of rotatable bonds is 5. The van der Waals surface area contributed by atoms with E-state index in [1.54, 1.807) is 0 Å². The van der Waals surface area contributed by atoms with Gasteiger partial charge >= 0.3 is 6.55 Å². The van der Waals surface area contributed by atoms with Gasteiger partial charge in [0.05, 0.1) is 0 Å². The molecule has 0 unspecified atom stereocenters. The fourth-order valence-corrected chi connectivity index (χ4v) is 1.81. The monoisotopic (exact) mass is 293 g/mol. The van der Waals surface area contributed by atoms with Gasteiger partial charge in [0.2, 0.25) is 0 Å². The maximum Gasteiger partial charge on any atom is 0.319 e. The number of hydrogen-bond donors (Lipinski definition) is 2. The second-order valence-electron chi connectivity index (χ2n) is 4.41. The number of imidazole rings is 1. The number of aryl methyl sites for hydroxylation is 1. The Hall–Kier alpha value is -2.44. The van der Waals surface area contributed by atoms with Crippen molar-refractivity contribution in [3.8, 4) is 0 Å². The summed E-state index contributed by atoms with van der Waals surface area (Å²) in [4.78, 5) is 7.85. The van der Waals surface area contributed by atoms with Crippen LogP contribution in [0.4, 0.5) is 14.5 Å². The number of benzene rings is 1. The first kappa shape index (κ1) is 15.0. The Bertz CT molecular complexity index is 604. The topological polar surface area (TPSA) is 68.2 Å². The van der Waals surface area contributed by atoms with Gasteiger partial charge in [-0.15, -0.1) is 0 Å². The van der Waals surface area contributed by atoms with E-state index in [0.29, 0.717) is 0 Å². The number of nitrogens with two attached hydrogens (primary N) is 1. The van der Waals surface area contributed by atoms with Crippen molar-refractivity contribution in [1.29, 1.82) is 0 Å². The van der Waals surface area contributed by atoms with E-state index < -0.39 is 6.55 Å². The molecule has 0 atom stereocenters. The van der Waals surface area contributed by atoms with Crippen LogP contribution >= 0.6 is 0 Å². The third-order valence-electron chi connectivity index (χ3n) is 2.98. The molecule has 1 aromatic heterocycles. The summed E-state index contributed by atoms with van der Waals surface area (Å²) < 4.78 is 26.0. The number of anilines is 1. The highest BCUT2D eigenvalue weighted by Crippen LogP contribution is 2.13. The van der Waals surface area contributed by atoms with Crippen LogP contribution in [0.1, 0.15) is 24.9 Å². The molecule has 0 fully saturated rings. The van der Waals surface area contributed by atoms with E-state index >= 15 is 0 Å². The molecule has 0 amide bonds. The van der Waals surface area contributed by atoms with Gasteiger partial charge in [0, 0.05) is 18.1 Å². The quantitative estimate of drug-likeness (QED) is 0.658. The average Bonchev–Trinajstić information content (AvgIpc) is 2.94. The zero-order chi connectivity index (χ0) is 15.2. The zero-order valence-corrected chi connectivity index (χ0v) is 11.6. The third-order valence-corrected chi connectivity index (χ3v) is 2.98. The van der Waals surface area contributed by atoms with Crippen LogP contribution in [0.3, 0.4) is 0 Å². The lowest BCUT2D eigenvalue weighted by molar-refractivity contribution is 0.0671. The van der Waals surface area contributed by atoms with Crippen molar-refractivity contribution in [2.45, 2.75) is 26.4 Å². The van der Waals surface area contributed by atoms with Gasteiger partial charge in [-0.25, -0.2) is 9.98 Å². The molecule has 7 heteroatoms. The average molecular weight is 293 g/mol. The summed E-state index contributed by atoms with van der Waals surface area (Å²) in [6.45, 7) is -0.569. The van der Waals surface area contributed by atoms with Crippen LogP contribution in [0.25, 0.3) is 0 Å². The highest BCUT2D eigenvalue weighted by atomic mass is 19.3. The van der Waals surface area contributed by atoms with E-state index in [0.717, 1.165) is 16.7 Å². The minimum atomic E-state index is -2.63. The van der Waals surface area contributed by atoms with Gasteiger partial charge in [-0.05, 0) is 24.1 Å². The molecular formula is C14H17F2N5. The van der Waals surface area contributed by atoms with Gasteiger partial charge in [-0.1, -0.05) is 19.1 Å². The van der Waals surface area contributed by atoms with Crippen molar-refractivity contribution in [2.75, 3.05) is 5.32 Å². The van der Waals surface area contributed by atoms with E-state index in [2.05, 4.69) is 22.2 Å². The molecule has 0 aliphatic heterocycles. The number of aliphatic imine (C=N–C) groups is 1. The van der Waals surface area contributed by atoms with Gasteiger partial charge in [-0.3, -0.25) is 4.57 Å². The predicted molar refractivity (Wildman–Crippen MR) is 78.2 cm³/mol. The van der Waals surface area contributed by atoms with Gasteiger partial charge in [0.25, 0.3) is 0 Å². The Morgan fingerprint density at radius 2 is 2.10 bits per heavy atom. The van der Waals surface area contributed by atoms with Crippen molar-refractivity contribution in [3.05, 3.63) is 48.0 Å².